The molecule has 0 amide bonds. The summed E-state index contributed by atoms with van der Waals surface area (Å²) in [6.45, 7) is 0. The lowest BCUT2D eigenvalue weighted by molar-refractivity contribution is -0.136. The number of carbonyl (C=O) groups excluding carboxylic acids is 1. The number of carboxylic acids is 1. The van der Waals surface area contributed by atoms with Crippen molar-refractivity contribution in [3.05, 3.63) is 71.0 Å². The van der Waals surface area contributed by atoms with Crippen LogP contribution in [0.15, 0.2) is 58.7 Å². The molecular weight excluding hydrogens is 492 g/mol. The number of fused-ring (bicyclic) bond motifs is 3. The summed E-state index contributed by atoms with van der Waals surface area (Å²) in [6, 6.07) is 13.8. The normalized spacial score (nSPS) is 13.4. The summed E-state index contributed by atoms with van der Waals surface area (Å²) in [5, 5.41) is 10.1. The minimum atomic E-state index is -1.05. The Bertz CT molecular complexity index is 1590. The Kier molecular flexibility index (Phi) is 6.42. The van der Waals surface area contributed by atoms with E-state index in [1.165, 1.54) is 21.3 Å². The minimum absolute atomic E-state index is 0.0477. The predicted molar refractivity (Wildman–Crippen MR) is 139 cm³/mol. The second kappa shape index (κ2) is 9.85. The molecule has 38 heavy (non-hydrogen) atoms. The molecule has 9 heteroatoms. The van der Waals surface area contributed by atoms with E-state index in [9.17, 15) is 14.7 Å². The summed E-state index contributed by atoms with van der Waals surface area (Å²) in [5.74, 6) is 1.14. The zero-order chi connectivity index (χ0) is 27.0. The highest BCUT2D eigenvalue weighted by Gasteiger charge is 2.33. The first-order chi connectivity index (χ1) is 18.4. The van der Waals surface area contributed by atoms with Crippen LogP contribution in [0.5, 0.6) is 28.7 Å². The molecule has 0 saturated carbocycles. The fourth-order valence-corrected chi connectivity index (χ4v) is 4.56. The SMILES string of the molecule is COc1ccc(-c2oc3ccc4c(c3c2CC(=O)O)OC(=Cc2ccc(OC)c(OC)c2OC)C4=O)cc1. The highest BCUT2D eigenvalue weighted by atomic mass is 16.5. The molecule has 1 aliphatic heterocycles. The van der Waals surface area contributed by atoms with E-state index in [-0.39, 0.29) is 23.7 Å². The summed E-state index contributed by atoms with van der Waals surface area (Å²) < 4.78 is 33.7. The molecule has 0 spiro atoms. The largest absolute Gasteiger partial charge is 0.497 e. The van der Waals surface area contributed by atoms with Crippen molar-refractivity contribution in [3.8, 4) is 40.1 Å². The topological polar surface area (TPSA) is 114 Å². The van der Waals surface area contributed by atoms with Gasteiger partial charge in [-0.3, -0.25) is 9.59 Å². The molecule has 0 aliphatic carbocycles. The van der Waals surface area contributed by atoms with Crippen LogP contribution in [-0.4, -0.2) is 45.3 Å². The molecule has 0 saturated heterocycles. The molecule has 2 heterocycles. The minimum Gasteiger partial charge on any atom is -0.497 e. The average molecular weight is 517 g/mol. The summed E-state index contributed by atoms with van der Waals surface area (Å²) >= 11 is 0. The van der Waals surface area contributed by atoms with E-state index < -0.39 is 5.97 Å². The first kappa shape index (κ1) is 24.8. The van der Waals surface area contributed by atoms with Crippen LogP contribution in [0.25, 0.3) is 28.4 Å². The molecule has 1 aromatic heterocycles. The van der Waals surface area contributed by atoms with E-state index in [0.29, 0.717) is 62.0 Å². The first-order valence-corrected chi connectivity index (χ1v) is 11.6. The lowest BCUT2D eigenvalue weighted by Gasteiger charge is -2.14. The van der Waals surface area contributed by atoms with Crippen molar-refractivity contribution in [2.45, 2.75) is 6.42 Å². The van der Waals surface area contributed by atoms with Crippen molar-refractivity contribution in [1.82, 2.24) is 0 Å². The Morgan fingerprint density at radius 3 is 2.26 bits per heavy atom. The number of carboxylic acid groups (broad SMARTS) is 1. The number of hydrogen-bond acceptors (Lipinski definition) is 8. The Morgan fingerprint density at radius 2 is 1.63 bits per heavy atom. The quantitative estimate of drug-likeness (QED) is 0.308. The molecule has 1 aliphatic rings. The van der Waals surface area contributed by atoms with Crippen molar-refractivity contribution < 1.29 is 42.8 Å². The van der Waals surface area contributed by atoms with Crippen LogP contribution in [0.3, 0.4) is 0 Å². The van der Waals surface area contributed by atoms with E-state index in [2.05, 4.69) is 0 Å². The van der Waals surface area contributed by atoms with Gasteiger partial charge < -0.3 is 33.2 Å². The van der Waals surface area contributed by atoms with E-state index >= 15 is 0 Å². The summed E-state index contributed by atoms with van der Waals surface area (Å²) in [6.07, 6.45) is 1.22. The molecule has 0 unspecified atom stereocenters. The van der Waals surface area contributed by atoms with Gasteiger partial charge in [0, 0.05) is 16.7 Å². The number of hydrogen-bond donors (Lipinski definition) is 1. The number of benzene rings is 3. The number of allylic oxidation sites excluding steroid dienone is 1. The second-order valence-electron chi connectivity index (χ2n) is 8.39. The number of furan rings is 1. The molecule has 9 nitrogen and oxygen atoms in total. The number of Topliss-reactive ketones (excluding diaryl/α,β-unsaturated/α-hetero) is 1. The third-order valence-corrected chi connectivity index (χ3v) is 6.29. The van der Waals surface area contributed by atoms with E-state index in [4.69, 9.17) is 28.1 Å². The lowest BCUT2D eigenvalue weighted by atomic mass is 10.00. The van der Waals surface area contributed by atoms with Gasteiger partial charge in [0.15, 0.2) is 17.3 Å². The number of methoxy groups -OCH3 is 4. The number of ketones is 1. The monoisotopic (exact) mass is 516 g/mol. The van der Waals surface area contributed by atoms with Crippen molar-refractivity contribution in [2.24, 2.45) is 0 Å². The zero-order valence-corrected chi connectivity index (χ0v) is 21.1. The molecule has 194 valence electrons. The summed E-state index contributed by atoms with van der Waals surface area (Å²) in [4.78, 5) is 25.2. The highest BCUT2D eigenvalue weighted by molar-refractivity contribution is 6.18. The van der Waals surface area contributed by atoms with Gasteiger partial charge >= 0.3 is 5.97 Å². The van der Waals surface area contributed by atoms with Gasteiger partial charge in [0.05, 0.1) is 45.8 Å². The van der Waals surface area contributed by atoms with Crippen molar-refractivity contribution in [3.63, 3.8) is 0 Å². The van der Waals surface area contributed by atoms with Crippen LogP contribution in [0.1, 0.15) is 21.5 Å². The third kappa shape index (κ3) is 4.07. The maximum Gasteiger partial charge on any atom is 0.307 e. The molecule has 0 atom stereocenters. The molecular formula is C29H24O9. The smallest absolute Gasteiger partial charge is 0.307 e. The van der Waals surface area contributed by atoms with Gasteiger partial charge in [-0.2, -0.15) is 0 Å². The maximum absolute atomic E-state index is 13.4. The van der Waals surface area contributed by atoms with E-state index in [0.717, 1.165) is 0 Å². The highest BCUT2D eigenvalue weighted by Crippen LogP contribution is 2.46. The van der Waals surface area contributed by atoms with Crippen LogP contribution >= 0.6 is 0 Å². The maximum atomic E-state index is 13.4. The summed E-state index contributed by atoms with van der Waals surface area (Å²) in [5.41, 5.74) is 2.32. The number of aliphatic carboxylic acids is 1. The van der Waals surface area contributed by atoms with Crippen LogP contribution in [0, 0.1) is 0 Å². The lowest BCUT2D eigenvalue weighted by Crippen LogP contribution is -2.01. The van der Waals surface area contributed by atoms with Gasteiger partial charge in [-0.1, -0.05) is 0 Å². The molecule has 4 aromatic rings. The zero-order valence-electron chi connectivity index (χ0n) is 21.1. The molecule has 3 aromatic carbocycles. The molecule has 0 radical (unpaired) electrons. The molecule has 1 N–H and O–H groups in total. The first-order valence-electron chi connectivity index (χ1n) is 11.6. The third-order valence-electron chi connectivity index (χ3n) is 6.29. The Morgan fingerprint density at radius 1 is 0.895 bits per heavy atom. The molecule has 0 bridgehead atoms. The van der Waals surface area contributed by atoms with Gasteiger partial charge in [-0.15, -0.1) is 0 Å². The number of rotatable bonds is 8. The van der Waals surface area contributed by atoms with E-state index in [1.807, 2.05) is 0 Å². The van der Waals surface area contributed by atoms with Gasteiger partial charge in [-0.05, 0) is 54.6 Å². The van der Waals surface area contributed by atoms with Crippen LogP contribution in [0.2, 0.25) is 0 Å². The van der Waals surface area contributed by atoms with Crippen LogP contribution in [-0.2, 0) is 11.2 Å². The fourth-order valence-electron chi connectivity index (χ4n) is 4.56. The molecule has 0 fully saturated rings. The van der Waals surface area contributed by atoms with Crippen LogP contribution in [0.4, 0.5) is 0 Å². The predicted octanol–water partition coefficient (Wildman–Crippen LogP) is 5.38. The second-order valence-corrected chi connectivity index (χ2v) is 8.39. The Labute approximate surface area is 217 Å². The van der Waals surface area contributed by atoms with Gasteiger partial charge in [0.2, 0.25) is 11.5 Å². The van der Waals surface area contributed by atoms with Gasteiger partial charge in [0.1, 0.15) is 22.8 Å². The summed E-state index contributed by atoms with van der Waals surface area (Å²) in [7, 11) is 6.05. The molecule has 5 rings (SSSR count). The fraction of sp³-hybridized carbons (Fsp3) is 0.172. The Balaban J connectivity index is 1.65. The van der Waals surface area contributed by atoms with Crippen molar-refractivity contribution in [2.75, 3.05) is 28.4 Å². The number of ether oxygens (including phenoxy) is 5. The Hall–Kier alpha value is -4.92. The number of carbonyl (C=O) groups is 2. The average Bonchev–Trinajstić information content (AvgIpc) is 3.45. The van der Waals surface area contributed by atoms with Crippen molar-refractivity contribution in [1.29, 1.82) is 0 Å². The van der Waals surface area contributed by atoms with E-state index in [1.54, 1.807) is 61.7 Å². The van der Waals surface area contributed by atoms with Crippen LogP contribution < -0.4 is 23.7 Å². The standard InChI is InChI=1S/C29H24O9/c1-33-17-8-5-15(6-9-17)26-19(14-23(30)31)24-20(37-26)12-10-18-25(32)22(38-28(18)24)13-16-7-11-21(34-2)29(36-4)27(16)35-3/h5-13H,14H2,1-4H3,(H,30,31). The van der Waals surface area contributed by atoms with Crippen molar-refractivity contribution >= 4 is 28.8 Å². The van der Waals surface area contributed by atoms with Gasteiger partial charge in [-0.25, -0.2) is 0 Å². The van der Waals surface area contributed by atoms with Gasteiger partial charge in [0.25, 0.3) is 0 Å².